The van der Waals surface area contributed by atoms with Crippen LogP contribution in [0.1, 0.15) is 12.8 Å². The Kier molecular flexibility index (Phi) is 3.31. The number of nitriles is 1. The fraction of sp³-hybridized carbons (Fsp3) is 0.154. The Balaban J connectivity index is 2.24. The molecule has 2 aromatic rings. The molecule has 0 aliphatic carbocycles. The van der Waals surface area contributed by atoms with E-state index in [1.807, 2.05) is 24.3 Å². The summed E-state index contributed by atoms with van der Waals surface area (Å²) in [7, 11) is 0. The molecular formula is C13H10N2O2. The number of carbonyl (C=O) groups excluding carboxylic acids is 1. The van der Waals surface area contributed by atoms with Gasteiger partial charge in [-0.3, -0.25) is 9.78 Å². The van der Waals surface area contributed by atoms with Crippen molar-refractivity contribution in [1.82, 2.24) is 4.98 Å². The van der Waals surface area contributed by atoms with Crippen molar-refractivity contribution in [1.29, 1.82) is 5.26 Å². The maximum atomic E-state index is 11.4. The number of benzene rings is 1. The lowest BCUT2D eigenvalue weighted by Crippen LogP contribution is -2.07. The Morgan fingerprint density at radius 2 is 2.18 bits per heavy atom. The molecule has 1 aromatic heterocycles. The average Bonchev–Trinajstić information content (AvgIpc) is 2.37. The number of carbonyl (C=O) groups is 1. The second-order valence-electron chi connectivity index (χ2n) is 3.46. The topological polar surface area (TPSA) is 63.0 Å². The third kappa shape index (κ3) is 2.58. The molecule has 0 spiro atoms. The second-order valence-corrected chi connectivity index (χ2v) is 3.46. The molecule has 0 N–H and O–H groups in total. The van der Waals surface area contributed by atoms with Gasteiger partial charge in [-0.15, -0.1) is 0 Å². The molecule has 1 heterocycles. The fourth-order valence-electron chi connectivity index (χ4n) is 1.49. The molecule has 4 nitrogen and oxygen atoms in total. The molecule has 0 atom stereocenters. The number of nitrogens with zero attached hydrogens (tertiary/aromatic N) is 2. The molecule has 0 aliphatic heterocycles. The van der Waals surface area contributed by atoms with Gasteiger partial charge in [0.25, 0.3) is 0 Å². The molecular weight excluding hydrogens is 216 g/mol. The lowest BCUT2D eigenvalue weighted by atomic mass is 10.2. The first-order valence-corrected chi connectivity index (χ1v) is 5.22. The highest BCUT2D eigenvalue weighted by molar-refractivity contribution is 5.86. The number of hydrogen-bond acceptors (Lipinski definition) is 4. The third-order valence-electron chi connectivity index (χ3n) is 2.26. The van der Waals surface area contributed by atoms with Crippen LogP contribution in [0.2, 0.25) is 0 Å². The predicted octanol–water partition coefficient (Wildman–Crippen LogP) is 2.44. The van der Waals surface area contributed by atoms with E-state index in [2.05, 4.69) is 4.98 Å². The quantitative estimate of drug-likeness (QED) is 0.595. The molecule has 0 saturated carbocycles. The van der Waals surface area contributed by atoms with Crippen LogP contribution >= 0.6 is 0 Å². The van der Waals surface area contributed by atoms with E-state index in [0.717, 1.165) is 5.39 Å². The van der Waals surface area contributed by atoms with Gasteiger partial charge in [-0.2, -0.15) is 5.26 Å². The minimum absolute atomic E-state index is 0.0969. The van der Waals surface area contributed by atoms with Crippen molar-refractivity contribution >= 4 is 16.9 Å². The number of fused-ring (bicyclic) bond motifs is 1. The van der Waals surface area contributed by atoms with Crippen LogP contribution < -0.4 is 4.74 Å². The van der Waals surface area contributed by atoms with E-state index >= 15 is 0 Å². The number of rotatable bonds is 3. The van der Waals surface area contributed by atoms with E-state index in [1.54, 1.807) is 18.3 Å². The van der Waals surface area contributed by atoms with Gasteiger partial charge in [0.05, 0.1) is 12.5 Å². The SMILES string of the molecule is N#CCCC(=O)Oc1cccc2cccnc12. The molecule has 0 bridgehead atoms. The van der Waals surface area contributed by atoms with E-state index in [0.29, 0.717) is 11.3 Å². The summed E-state index contributed by atoms with van der Waals surface area (Å²) < 4.78 is 5.18. The molecule has 0 aliphatic rings. The monoisotopic (exact) mass is 226 g/mol. The summed E-state index contributed by atoms with van der Waals surface area (Å²) in [6, 6.07) is 11.0. The maximum absolute atomic E-state index is 11.4. The van der Waals surface area contributed by atoms with Gasteiger partial charge in [-0.25, -0.2) is 0 Å². The van der Waals surface area contributed by atoms with Gasteiger partial charge >= 0.3 is 5.97 Å². The summed E-state index contributed by atoms with van der Waals surface area (Å²) in [5.41, 5.74) is 0.653. The standard InChI is InChI=1S/C13H10N2O2/c14-8-2-7-12(16)17-11-6-1-4-10-5-3-9-15-13(10)11/h1,3-6,9H,2,7H2. The normalized spacial score (nSPS) is 9.82. The third-order valence-corrected chi connectivity index (χ3v) is 2.26. The number of aromatic nitrogens is 1. The van der Waals surface area contributed by atoms with Crippen molar-refractivity contribution in [2.75, 3.05) is 0 Å². The second kappa shape index (κ2) is 5.08. The number of para-hydroxylation sites is 1. The van der Waals surface area contributed by atoms with Crippen LogP contribution in [-0.2, 0) is 4.79 Å². The Morgan fingerprint density at radius 3 is 3.00 bits per heavy atom. The molecule has 0 unspecified atom stereocenters. The van der Waals surface area contributed by atoms with Crippen molar-refractivity contribution < 1.29 is 9.53 Å². The smallest absolute Gasteiger partial charge is 0.312 e. The first kappa shape index (κ1) is 11.1. The van der Waals surface area contributed by atoms with E-state index in [9.17, 15) is 4.79 Å². The van der Waals surface area contributed by atoms with Crippen LogP contribution in [0.4, 0.5) is 0 Å². The molecule has 0 fully saturated rings. The van der Waals surface area contributed by atoms with Gasteiger partial charge in [0.15, 0.2) is 5.75 Å². The molecule has 17 heavy (non-hydrogen) atoms. The molecule has 2 rings (SSSR count). The van der Waals surface area contributed by atoms with E-state index in [-0.39, 0.29) is 12.8 Å². The summed E-state index contributed by atoms with van der Waals surface area (Å²) in [4.78, 5) is 15.6. The number of hydrogen-bond donors (Lipinski definition) is 0. The molecule has 1 aromatic carbocycles. The Morgan fingerprint density at radius 1 is 1.35 bits per heavy atom. The van der Waals surface area contributed by atoms with Crippen molar-refractivity contribution in [3.63, 3.8) is 0 Å². The van der Waals surface area contributed by atoms with Crippen LogP contribution in [0.25, 0.3) is 10.9 Å². The highest BCUT2D eigenvalue weighted by Gasteiger charge is 2.08. The van der Waals surface area contributed by atoms with Crippen LogP contribution in [0.15, 0.2) is 36.5 Å². The Bertz CT molecular complexity index is 582. The van der Waals surface area contributed by atoms with Gasteiger partial charge < -0.3 is 4.74 Å². The summed E-state index contributed by atoms with van der Waals surface area (Å²) in [5, 5.41) is 9.30. The number of esters is 1. The van der Waals surface area contributed by atoms with Gasteiger partial charge in [-0.1, -0.05) is 18.2 Å². The van der Waals surface area contributed by atoms with Crippen LogP contribution in [0.5, 0.6) is 5.75 Å². The Labute approximate surface area is 98.5 Å². The first-order chi connectivity index (χ1) is 8.31. The molecule has 0 amide bonds. The highest BCUT2D eigenvalue weighted by Crippen LogP contribution is 2.23. The summed E-state index contributed by atoms with van der Waals surface area (Å²) in [6.07, 6.45) is 1.91. The minimum Gasteiger partial charge on any atom is -0.424 e. The predicted molar refractivity (Wildman–Crippen MR) is 62.2 cm³/mol. The largest absolute Gasteiger partial charge is 0.424 e. The zero-order valence-corrected chi connectivity index (χ0v) is 9.09. The highest BCUT2D eigenvalue weighted by atomic mass is 16.5. The minimum atomic E-state index is -0.412. The van der Waals surface area contributed by atoms with Gasteiger partial charge in [0.1, 0.15) is 5.52 Å². The van der Waals surface area contributed by atoms with Crippen LogP contribution in [0.3, 0.4) is 0 Å². The van der Waals surface area contributed by atoms with Crippen molar-refractivity contribution in [3.8, 4) is 11.8 Å². The summed E-state index contributed by atoms with van der Waals surface area (Å²) >= 11 is 0. The number of ether oxygens (including phenoxy) is 1. The van der Waals surface area contributed by atoms with Crippen LogP contribution in [-0.4, -0.2) is 11.0 Å². The zero-order valence-electron chi connectivity index (χ0n) is 9.09. The lowest BCUT2D eigenvalue weighted by molar-refractivity contribution is -0.134. The van der Waals surface area contributed by atoms with E-state index < -0.39 is 5.97 Å². The van der Waals surface area contributed by atoms with Crippen molar-refractivity contribution in [2.24, 2.45) is 0 Å². The fourth-order valence-corrected chi connectivity index (χ4v) is 1.49. The number of pyridine rings is 1. The molecule has 0 radical (unpaired) electrons. The summed E-state index contributed by atoms with van der Waals surface area (Å²) in [6.45, 7) is 0. The van der Waals surface area contributed by atoms with Gasteiger partial charge in [0, 0.05) is 18.0 Å². The first-order valence-electron chi connectivity index (χ1n) is 5.22. The average molecular weight is 226 g/mol. The van der Waals surface area contributed by atoms with Gasteiger partial charge in [0.2, 0.25) is 0 Å². The van der Waals surface area contributed by atoms with Crippen molar-refractivity contribution in [3.05, 3.63) is 36.5 Å². The van der Waals surface area contributed by atoms with Crippen LogP contribution in [0, 0.1) is 11.3 Å². The lowest BCUT2D eigenvalue weighted by Gasteiger charge is -2.05. The van der Waals surface area contributed by atoms with Crippen molar-refractivity contribution in [2.45, 2.75) is 12.8 Å². The Hall–Kier alpha value is -2.41. The van der Waals surface area contributed by atoms with Gasteiger partial charge in [-0.05, 0) is 12.1 Å². The molecule has 84 valence electrons. The summed E-state index contributed by atoms with van der Waals surface area (Å²) in [5.74, 6) is 0.0238. The zero-order chi connectivity index (χ0) is 12.1. The molecule has 4 heteroatoms. The van der Waals surface area contributed by atoms with E-state index in [4.69, 9.17) is 10.00 Å². The van der Waals surface area contributed by atoms with E-state index in [1.165, 1.54) is 0 Å². The maximum Gasteiger partial charge on any atom is 0.312 e. The molecule has 0 saturated heterocycles.